The SMILES string of the molecule is Cc1nc(N[C@H](C)c2cc(N)cc(C#N)c2)c2c(n1)C1(CCN(C)C1)C(=O)N(c1ncccc1F)C2. The van der Waals surface area contributed by atoms with Crippen molar-refractivity contribution in [1.82, 2.24) is 19.9 Å². The van der Waals surface area contributed by atoms with Gasteiger partial charge in [0.2, 0.25) is 5.91 Å². The number of fused-ring (bicyclic) bond motifs is 2. The molecule has 2 aromatic heterocycles. The Morgan fingerprint density at radius 2 is 2.11 bits per heavy atom. The molecule has 0 aliphatic carbocycles. The average Bonchev–Trinajstić information content (AvgIpc) is 3.24. The smallest absolute Gasteiger partial charge is 0.242 e. The summed E-state index contributed by atoms with van der Waals surface area (Å²) in [7, 11) is 1.96. The third kappa shape index (κ3) is 3.91. The average molecular weight is 487 g/mol. The summed E-state index contributed by atoms with van der Waals surface area (Å²) < 4.78 is 14.8. The lowest BCUT2D eigenvalue weighted by Gasteiger charge is -2.40. The number of hydrogen-bond acceptors (Lipinski definition) is 8. The van der Waals surface area contributed by atoms with Crippen molar-refractivity contribution in [3.63, 3.8) is 0 Å². The summed E-state index contributed by atoms with van der Waals surface area (Å²) in [5.74, 6) is 0.330. The second-order valence-electron chi connectivity index (χ2n) is 9.58. The molecule has 184 valence electrons. The maximum absolute atomic E-state index is 14.8. The van der Waals surface area contributed by atoms with Crippen molar-refractivity contribution in [2.45, 2.75) is 38.3 Å². The monoisotopic (exact) mass is 486 g/mol. The number of rotatable bonds is 4. The van der Waals surface area contributed by atoms with E-state index in [1.54, 1.807) is 19.1 Å². The van der Waals surface area contributed by atoms with Crippen LogP contribution in [0.15, 0.2) is 36.5 Å². The van der Waals surface area contributed by atoms with E-state index in [1.165, 1.54) is 23.2 Å². The molecule has 5 rings (SSSR count). The zero-order valence-corrected chi connectivity index (χ0v) is 20.4. The number of aromatic nitrogens is 3. The molecule has 0 radical (unpaired) electrons. The van der Waals surface area contributed by atoms with Crippen molar-refractivity contribution in [3.8, 4) is 6.07 Å². The molecule has 10 heteroatoms. The van der Waals surface area contributed by atoms with Crippen molar-refractivity contribution >= 4 is 23.2 Å². The van der Waals surface area contributed by atoms with E-state index in [9.17, 15) is 14.4 Å². The van der Waals surface area contributed by atoms with E-state index in [4.69, 9.17) is 10.7 Å². The van der Waals surface area contributed by atoms with E-state index < -0.39 is 11.2 Å². The number of nitrogens with one attached hydrogen (secondary N) is 1. The highest BCUT2D eigenvalue weighted by atomic mass is 19.1. The number of likely N-dealkylation sites (tertiary alicyclic amines) is 1. The van der Waals surface area contributed by atoms with Crippen LogP contribution in [-0.2, 0) is 16.8 Å². The molecule has 1 saturated heterocycles. The second-order valence-corrected chi connectivity index (χ2v) is 9.58. The van der Waals surface area contributed by atoms with Gasteiger partial charge in [-0.15, -0.1) is 0 Å². The zero-order chi connectivity index (χ0) is 25.6. The van der Waals surface area contributed by atoms with Gasteiger partial charge < -0.3 is 16.0 Å². The lowest BCUT2D eigenvalue weighted by molar-refractivity contribution is -0.124. The standard InChI is InChI=1S/C26H27FN8O/c1-15(18-9-17(12-28)10-19(29)11-18)31-23-20-13-35(24-21(27)5-4-7-30-24)25(36)26(6-8-34(3)14-26)22(20)32-16(2)33-23/h4-5,7,9-11,15H,6,8,13-14,29H2,1-3H3,(H,31,32,33)/t15-,26?/m1/s1. The van der Waals surface area contributed by atoms with Gasteiger partial charge in [0, 0.05) is 24.0 Å². The summed E-state index contributed by atoms with van der Waals surface area (Å²) >= 11 is 0. The molecule has 1 amide bonds. The summed E-state index contributed by atoms with van der Waals surface area (Å²) in [5.41, 5.74) is 8.28. The van der Waals surface area contributed by atoms with Crippen LogP contribution < -0.4 is 16.0 Å². The van der Waals surface area contributed by atoms with Crippen LogP contribution >= 0.6 is 0 Å². The molecule has 36 heavy (non-hydrogen) atoms. The number of halogens is 1. The molecular weight excluding hydrogens is 459 g/mol. The first-order chi connectivity index (χ1) is 17.2. The molecule has 0 saturated carbocycles. The van der Waals surface area contributed by atoms with E-state index in [1.807, 2.05) is 20.0 Å². The highest BCUT2D eigenvalue weighted by molar-refractivity contribution is 6.03. The van der Waals surface area contributed by atoms with Crippen LogP contribution in [0.2, 0.25) is 0 Å². The molecule has 0 bridgehead atoms. The number of nitrogens with two attached hydrogens (primary N) is 1. The molecule has 1 aromatic carbocycles. The maximum Gasteiger partial charge on any atom is 0.242 e. The summed E-state index contributed by atoms with van der Waals surface area (Å²) in [5, 5.41) is 12.8. The molecule has 3 aromatic rings. The van der Waals surface area contributed by atoms with Crippen molar-refractivity contribution in [2.24, 2.45) is 0 Å². The minimum absolute atomic E-state index is 0.00357. The number of carbonyl (C=O) groups is 1. The predicted octanol–water partition coefficient (Wildman–Crippen LogP) is 3.07. The Kier molecular flexibility index (Phi) is 5.80. The van der Waals surface area contributed by atoms with Gasteiger partial charge >= 0.3 is 0 Å². The molecule has 2 atom stereocenters. The van der Waals surface area contributed by atoms with Crippen LogP contribution in [0.3, 0.4) is 0 Å². The molecule has 9 nitrogen and oxygen atoms in total. The Morgan fingerprint density at radius 1 is 1.31 bits per heavy atom. The molecule has 1 spiro atoms. The first-order valence-corrected chi connectivity index (χ1v) is 11.8. The Bertz CT molecular complexity index is 1400. The Labute approximate surface area is 208 Å². The number of nitrogen functional groups attached to an aromatic ring is 1. The molecular formula is C26H27FN8O. The van der Waals surface area contributed by atoms with E-state index in [0.717, 1.165) is 11.1 Å². The topological polar surface area (TPSA) is 124 Å². The molecule has 3 N–H and O–H groups in total. The number of nitriles is 1. The van der Waals surface area contributed by atoms with Crippen LogP contribution in [0.4, 0.5) is 21.7 Å². The fourth-order valence-electron chi connectivity index (χ4n) is 5.25. The van der Waals surface area contributed by atoms with Crippen molar-refractivity contribution in [3.05, 3.63) is 70.6 Å². The van der Waals surface area contributed by atoms with Gasteiger partial charge in [0.05, 0.1) is 29.9 Å². The second kappa shape index (κ2) is 8.84. The Balaban J connectivity index is 1.63. The summed E-state index contributed by atoms with van der Waals surface area (Å²) in [6.45, 7) is 5.01. The molecule has 4 heterocycles. The highest BCUT2D eigenvalue weighted by Crippen LogP contribution is 2.44. The van der Waals surface area contributed by atoms with Crippen molar-refractivity contribution < 1.29 is 9.18 Å². The number of nitrogens with zero attached hydrogens (tertiary/aromatic N) is 6. The normalized spacial score (nSPS) is 20.3. The lowest BCUT2D eigenvalue weighted by atomic mass is 9.76. The van der Waals surface area contributed by atoms with Crippen LogP contribution in [0, 0.1) is 24.1 Å². The number of carbonyl (C=O) groups excluding carboxylic acids is 1. The van der Waals surface area contributed by atoms with Gasteiger partial charge in [-0.25, -0.2) is 19.3 Å². The predicted molar refractivity (Wildman–Crippen MR) is 134 cm³/mol. The number of anilines is 3. The van der Waals surface area contributed by atoms with Gasteiger partial charge in [-0.05, 0) is 69.8 Å². The highest BCUT2D eigenvalue weighted by Gasteiger charge is 2.53. The van der Waals surface area contributed by atoms with Crippen molar-refractivity contribution in [1.29, 1.82) is 5.26 Å². The largest absolute Gasteiger partial charge is 0.399 e. The quantitative estimate of drug-likeness (QED) is 0.539. The van der Waals surface area contributed by atoms with Gasteiger partial charge in [-0.2, -0.15) is 5.26 Å². The number of pyridine rings is 1. The first-order valence-electron chi connectivity index (χ1n) is 11.8. The third-order valence-electron chi connectivity index (χ3n) is 6.96. The van der Waals surface area contributed by atoms with Crippen molar-refractivity contribution in [2.75, 3.05) is 36.1 Å². The lowest BCUT2D eigenvalue weighted by Crippen LogP contribution is -2.54. The molecule has 1 unspecified atom stereocenters. The molecule has 1 fully saturated rings. The van der Waals surface area contributed by atoms with Gasteiger partial charge in [0.1, 0.15) is 17.1 Å². The number of likely N-dealkylation sites (N-methyl/N-ethyl adjacent to an activating group) is 1. The van der Waals surface area contributed by atoms with Gasteiger partial charge in [0.25, 0.3) is 0 Å². The van der Waals surface area contributed by atoms with E-state index in [-0.39, 0.29) is 24.3 Å². The Morgan fingerprint density at radius 3 is 2.81 bits per heavy atom. The fourth-order valence-corrected chi connectivity index (χ4v) is 5.25. The number of aryl methyl sites for hydroxylation is 1. The van der Waals surface area contributed by atoms with Gasteiger partial charge in [0.15, 0.2) is 11.6 Å². The van der Waals surface area contributed by atoms with Gasteiger partial charge in [-0.1, -0.05) is 0 Å². The summed E-state index contributed by atoms with van der Waals surface area (Å²) in [6, 6.07) is 9.90. The number of amides is 1. The fraction of sp³-hybridized carbons (Fsp3) is 0.346. The van der Waals surface area contributed by atoms with Crippen LogP contribution in [-0.4, -0.2) is 45.9 Å². The van der Waals surface area contributed by atoms with E-state index in [0.29, 0.717) is 48.1 Å². The van der Waals surface area contributed by atoms with Gasteiger partial charge in [-0.3, -0.25) is 9.69 Å². The summed E-state index contributed by atoms with van der Waals surface area (Å²) in [6.07, 6.45) is 2.04. The first kappa shape index (κ1) is 23.6. The third-order valence-corrected chi connectivity index (χ3v) is 6.96. The molecule has 2 aliphatic rings. The minimum Gasteiger partial charge on any atom is -0.399 e. The number of benzene rings is 1. The van der Waals surface area contributed by atoms with Crippen LogP contribution in [0.5, 0.6) is 0 Å². The molecule has 2 aliphatic heterocycles. The minimum atomic E-state index is -0.926. The maximum atomic E-state index is 14.8. The van der Waals surface area contributed by atoms with Crippen LogP contribution in [0.25, 0.3) is 0 Å². The van der Waals surface area contributed by atoms with E-state index >= 15 is 0 Å². The number of hydrogen-bond donors (Lipinski definition) is 2. The van der Waals surface area contributed by atoms with Crippen LogP contribution in [0.1, 0.15) is 47.6 Å². The van der Waals surface area contributed by atoms with E-state index in [2.05, 4.69) is 26.3 Å². The zero-order valence-electron chi connectivity index (χ0n) is 20.4. The Hall–Kier alpha value is -4.10. The summed E-state index contributed by atoms with van der Waals surface area (Å²) in [4.78, 5) is 31.1.